The third kappa shape index (κ3) is 4.42. The minimum absolute atomic E-state index is 3.07. The molecule has 0 aromatic heterocycles. The predicted octanol–water partition coefficient (Wildman–Crippen LogP) is 8.37. The van der Waals surface area contributed by atoms with Gasteiger partial charge in [-0.15, -0.1) is 0 Å². The minimum atomic E-state index is -8.28. The number of Topliss-reactive ketones (excluding diaryl/α,β-unsaturated/α-hetero) is 1. The molecule has 1 aromatic carbocycles. The highest BCUT2D eigenvalue weighted by Gasteiger charge is 2.85. The molecule has 0 fully saturated rings. The molecule has 1 nitrogen and oxygen atoms in total. The molecule has 0 bridgehead atoms. The van der Waals surface area contributed by atoms with Gasteiger partial charge < -0.3 is 0 Å². The molecule has 0 aliphatic heterocycles. The third-order valence-corrected chi connectivity index (χ3v) is 4.80. The number of rotatable bonds is 3. The predicted molar refractivity (Wildman–Crippen MR) is 82.6 cm³/mol. The molecule has 0 saturated carbocycles. The summed E-state index contributed by atoms with van der Waals surface area (Å²) in [5, 5.41) is 0. The van der Waals surface area contributed by atoms with E-state index in [9.17, 15) is 92.6 Å². The van der Waals surface area contributed by atoms with E-state index in [-0.39, 0.29) is 0 Å². The van der Waals surface area contributed by atoms with Crippen LogP contribution in [0.25, 0.3) is 5.57 Å². The molecule has 1 aliphatic rings. The summed E-state index contributed by atoms with van der Waals surface area (Å²) in [7, 11) is 0. The van der Waals surface area contributed by atoms with Crippen molar-refractivity contribution in [1.82, 2.24) is 0 Å². The Morgan fingerprint density at radius 2 is 0.846 bits per heavy atom. The number of alkyl halides is 12. The lowest BCUT2D eigenvalue weighted by Crippen LogP contribution is -2.63. The van der Waals surface area contributed by atoms with Gasteiger partial charge in [0.25, 0.3) is 5.78 Å². The highest BCUT2D eigenvalue weighted by Crippen LogP contribution is 2.61. The van der Waals surface area contributed by atoms with E-state index >= 15 is 0 Å². The maximum Gasteiger partial charge on any atom is 0.438 e. The summed E-state index contributed by atoms with van der Waals surface area (Å²) in [6, 6.07) is 0. The van der Waals surface area contributed by atoms with Gasteiger partial charge in [0.1, 0.15) is 0 Å². The van der Waals surface area contributed by atoms with Gasteiger partial charge in [-0.25, -0.2) is 30.7 Å². The van der Waals surface area contributed by atoms with Crippen LogP contribution in [0.15, 0.2) is 28.9 Å². The van der Waals surface area contributed by atoms with Crippen molar-refractivity contribution in [2.24, 2.45) is 0 Å². The second-order valence-corrected chi connectivity index (χ2v) is 7.07. The number of carbonyl (C=O) groups excluding carboxylic acids is 1. The molecule has 0 spiro atoms. The van der Waals surface area contributed by atoms with Crippen molar-refractivity contribution in [2.75, 3.05) is 0 Å². The Bertz CT molecular complexity index is 1290. The van der Waals surface area contributed by atoms with Gasteiger partial charge in [0.15, 0.2) is 34.9 Å². The van der Waals surface area contributed by atoms with Crippen molar-refractivity contribution in [3.63, 3.8) is 0 Å². The fourth-order valence-corrected chi connectivity index (χ4v) is 3.09. The van der Waals surface area contributed by atoms with Crippen LogP contribution in [-0.2, 0) is 10.7 Å². The molecule has 0 saturated heterocycles. The molecular weight excluding hydrogens is 612 g/mol. The van der Waals surface area contributed by atoms with Crippen molar-refractivity contribution in [3.05, 3.63) is 63.3 Å². The van der Waals surface area contributed by atoms with Crippen LogP contribution in [0, 0.1) is 23.3 Å². The lowest BCUT2D eigenvalue weighted by molar-refractivity contribution is -0.401. The van der Waals surface area contributed by atoms with Crippen LogP contribution < -0.4 is 0 Å². The average Bonchev–Trinajstić information content (AvgIpc) is 2.77. The Morgan fingerprint density at radius 1 is 0.487 bits per heavy atom. The van der Waals surface area contributed by atoms with Gasteiger partial charge in [0.05, 0.1) is 16.7 Å². The summed E-state index contributed by atoms with van der Waals surface area (Å²) in [6.07, 6.45) is -23.3. The summed E-state index contributed by atoms with van der Waals surface area (Å²) >= 11 is 0. The lowest BCUT2D eigenvalue weighted by Gasteiger charge is -2.37. The zero-order valence-corrected chi connectivity index (χ0v) is 17.0. The summed E-state index contributed by atoms with van der Waals surface area (Å²) in [5.74, 6) is -41.3. The van der Waals surface area contributed by atoms with E-state index < -0.39 is 105 Å². The molecule has 0 amide bonds. The van der Waals surface area contributed by atoms with Gasteiger partial charge in [-0.3, -0.25) is 4.79 Å². The zero-order valence-electron chi connectivity index (χ0n) is 17.0. The molecule has 0 heterocycles. The maximum atomic E-state index is 14.6. The first-order chi connectivity index (χ1) is 17.2. The summed E-state index contributed by atoms with van der Waals surface area (Å²) in [6.45, 7) is 0. The SMILES string of the molecule is O=C1C(F)=C(F)C(=C(c2c(F)c(F)c(F)c(F)c2C(F)(F)C(F)(C(F)(F)F)C(F)(F)F)C(F)(F)F)C(F)=C1F. The summed E-state index contributed by atoms with van der Waals surface area (Å²) in [5.41, 5.74) is -25.0. The van der Waals surface area contributed by atoms with Crippen LogP contribution >= 0.6 is 0 Å². The fraction of sp³-hybridized carbons (Fsp3) is 0.278. The highest BCUT2D eigenvalue weighted by molar-refractivity contribution is 6.09. The van der Waals surface area contributed by atoms with Crippen molar-refractivity contribution in [3.8, 4) is 0 Å². The van der Waals surface area contributed by atoms with E-state index in [4.69, 9.17) is 0 Å². The average molecular weight is 612 g/mol. The number of carbonyl (C=O) groups is 1. The van der Waals surface area contributed by atoms with Gasteiger partial charge in [-0.2, -0.15) is 57.1 Å². The maximum absolute atomic E-state index is 14.6. The standard InChI is InChI=1S/C18F20O/c19-5-1(3(15(29,30)31)2-6(20)11(25)13(39)12(26)7(2)21)4(8(22)10(24)9(5)23)14(27,28)16(32,17(33,34)35)18(36,37)38. The second kappa shape index (κ2) is 9.14. The van der Waals surface area contributed by atoms with Gasteiger partial charge in [-0.1, -0.05) is 0 Å². The van der Waals surface area contributed by atoms with Gasteiger partial charge in [-0.05, 0) is 0 Å². The molecule has 2 rings (SSSR count). The Balaban J connectivity index is 3.44. The summed E-state index contributed by atoms with van der Waals surface area (Å²) < 4.78 is 274. The molecular formula is C18F20O. The van der Waals surface area contributed by atoms with Crippen LogP contribution in [0.2, 0.25) is 0 Å². The molecule has 218 valence electrons. The van der Waals surface area contributed by atoms with Crippen LogP contribution in [0.4, 0.5) is 87.8 Å². The number of benzene rings is 1. The first-order valence-corrected chi connectivity index (χ1v) is 8.73. The molecule has 39 heavy (non-hydrogen) atoms. The van der Waals surface area contributed by atoms with Gasteiger partial charge in [0.2, 0.25) is 11.7 Å². The van der Waals surface area contributed by atoms with Crippen LogP contribution in [0.5, 0.6) is 0 Å². The number of hydrogen-bond donors (Lipinski definition) is 0. The first-order valence-electron chi connectivity index (χ1n) is 8.73. The van der Waals surface area contributed by atoms with E-state index in [1.165, 1.54) is 0 Å². The van der Waals surface area contributed by atoms with Crippen LogP contribution in [0.3, 0.4) is 0 Å². The van der Waals surface area contributed by atoms with Crippen molar-refractivity contribution in [1.29, 1.82) is 0 Å². The topological polar surface area (TPSA) is 17.1 Å². The third-order valence-electron chi connectivity index (χ3n) is 4.80. The Kier molecular flexibility index (Phi) is 7.48. The fourth-order valence-electron chi connectivity index (χ4n) is 3.09. The Morgan fingerprint density at radius 3 is 1.18 bits per heavy atom. The van der Waals surface area contributed by atoms with Crippen molar-refractivity contribution < 1.29 is 92.6 Å². The highest BCUT2D eigenvalue weighted by atomic mass is 19.4. The number of hydrogen-bond acceptors (Lipinski definition) is 1. The van der Waals surface area contributed by atoms with E-state index in [0.717, 1.165) is 0 Å². The normalized spacial score (nSPS) is 16.5. The van der Waals surface area contributed by atoms with Gasteiger partial charge >= 0.3 is 30.1 Å². The van der Waals surface area contributed by atoms with E-state index in [1.807, 2.05) is 0 Å². The van der Waals surface area contributed by atoms with E-state index in [1.54, 1.807) is 0 Å². The zero-order chi connectivity index (χ0) is 31.0. The molecule has 0 atom stereocenters. The number of halogens is 20. The molecule has 21 heteroatoms. The summed E-state index contributed by atoms with van der Waals surface area (Å²) in [4.78, 5) is 11.0. The molecule has 1 aromatic rings. The lowest BCUT2D eigenvalue weighted by atomic mass is 9.82. The molecule has 0 unspecified atom stereocenters. The van der Waals surface area contributed by atoms with Gasteiger partial charge in [0, 0.05) is 5.56 Å². The largest absolute Gasteiger partial charge is 0.438 e. The monoisotopic (exact) mass is 612 g/mol. The van der Waals surface area contributed by atoms with E-state index in [2.05, 4.69) is 0 Å². The second-order valence-electron chi connectivity index (χ2n) is 7.07. The van der Waals surface area contributed by atoms with Crippen LogP contribution in [-0.4, -0.2) is 30.0 Å². The minimum Gasteiger partial charge on any atom is -0.283 e. The molecule has 0 N–H and O–H groups in total. The Hall–Kier alpha value is -3.29. The molecule has 1 aliphatic carbocycles. The smallest absolute Gasteiger partial charge is 0.283 e. The number of ketones is 1. The molecule has 0 radical (unpaired) electrons. The van der Waals surface area contributed by atoms with E-state index in [0.29, 0.717) is 0 Å². The van der Waals surface area contributed by atoms with Crippen molar-refractivity contribution in [2.45, 2.75) is 30.1 Å². The number of allylic oxidation sites excluding steroid dienone is 6. The van der Waals surface area contributed by atoms with Crippen molar-refractivity contribution >= 4 is 11.4 Å². The van der Waals surface area contributed by atoms with Crippen LogP contribution in [0.1, 0.15) is 11.1 Å². The Labute approximate surface area is 198 Å². The quantitative estimate of drug-likeness (QED) is 0.191. The first kappa shape index (κ1) is 31.9.